The number of carbonyl (C=O) groups is 2. The van der Waals surface area contributed by atoms with E-state index in [1.165, 1.54) is 0 Å². The van der Waals surface area contributed by atoms with E-state index >= 15 is 0 Å². The highest BCUT2D eigenvalue weighted by atomic mass is 16.6. The van der Waals surface area contributed by atoms with E-state index < -0.39 is 11.6 Å². The van der Waals surface area contributed by atoms with E-state index in [9.17, 15) is 9.59 Å². The topological polar surface area (TPSA) is 70.1 Å². The van der Waals surface area contributed by atoms with Crippen LogP contribution >= 0.6 is 0 Å². The minimum absolute atomic E-state index is 0.0896. The zero-order chi connectivity index (χ0) is 15.6. The Morgan fingerprint density at radius 3 is 2.48 bits per heavy atom. The van der Waals surface area contributed by atoms with Crippen LogP contribution in [0.1, 0.15) is 40.0 Å². The lowest BCUT2D eigenvalue weighted by Gasteiger charge is -2.29. The number of carbonyl (C=O) groups excluding carboxylic acids is 1. The van der Waals surface area contributed by atoms with Gasteiger partial charge < -0.3 is 14.7 Å². The number of amides is 1. The van der Waals surface area contributed by atoms with Gasteiger partial charge >= 0.3 is 12.1 Å². The van der Waals surface area contributed by atoms with Crippen molar-refractivity contribution in [3.05, 3.63) is 0 Å². The van der Waals surface area contributed by atoms with E-state index in [0.29, 0.717) is 18.5 Å². The normalized spacial score (nSPS) is 23.1. The predicted molar refractivity (Wildman–Crippen MR) is 78.1 cm³/mol. The maximum Gasteiger partial charge on any atom is 0.410 e. The average molecular weight is 298 g/mol. The summed E-state index contributed by atoms with van der Waals surface area (Å²) >= 11 is 0. The van der Waals surface area contributed by atoms with Gasteiger partial charge in [0.1, 0.15) is 5.60 Å². The quantitative estimate of drug-likeness (QED) is 0.838. The molecule has 0 aromatic carbocycles. The Hall–Kier alpha value is -1.30. The SMILES string of the molecule is CC(C)(C)OC(=O)N(C[C@@H]1CCN(CC(=O)O)C1)C1CC1. The van der Waals surface area contributed by atoms with Crippen molar-refractivity contribution >= 4 is 12.1 Å². The van der Waals surface area contributed by atoms with Crippen molar-refractivity contribution in [1.29, 1.82) is 0 Å². The molecule has 1 atom stereocenters. The maximum atomic E-state index is 12.3. The third kappa shape index (κ3) is 5.19. The number of ether oxygens (including phenoxy) is 1. The smallest absolute Gasteiger partial charge is 0.410 e. The standard InChI is InChI=1S/C15H26N2O4/c1-15(2,3)21-14(20)17(12-4-5-12)9-11-6-7-16(8-11)10-13(18)19/h11-12H,4-10H2,1-3H3,(H,18,19)/t11-/m1/s1. The Morgan fingerprint density at radius 2 is 1.95 bits per heavy atom. The van der Waals surface area contributed by atoms with Crippen LogP contribution in [0.4, 0.5) is 4.79 Å². The first-order valence-corrected chi connectivity index (χ1v) is 7.68. The van der Waals surface area contributed by atoms with Gasteiger partial charge in [0, 0.05) is 19.1 Å². The van der Waals surface area contributed by atoms with Crippen molar-refractivity contribution in [3.63, 3.8) is 0 Å². The number of aliphatic carboxylic acids is 1. The van der Waals surface area contributed by atoms with Gasteiger partial charge in [-0.15, -0.1) is 0 Å². The second kappa shape index (κ2) is 6.22. The molecule has 21 heavy (non-hydrogen) atoms. The Bertz CT molecular complexity index is 401. The zero-order valence-electron chi connectivity index (χ0n) is 13.2. The maximum absolute atomic E-state index is 12.3. The van der Waals surface area contributed by atoms with Gasteiger partial charge in [0.2, 0.25) is 0 Å². The summed E-state index contributed by atoms with van der Waals surface area (Å²) in [5.74, 6) is -0.445. The Labute approximate surface area is 126 Å². The Balaban J connectivity index is 1.86. The summed E-state index contributed by atoms with van der Waals surface area (Å²) in [7, 11) is 0. The van der Waals surface area contributed by atoms with Crippen molar-refractivity contribution in [2.24, 2.45) is 5.92 Å². The van der Waals surface area contributed by atoms with Gasteiger partial charge in [-0.2, -0.15) is 0 Å². The first kappa shape index (κ1) is 16.1. The summed E-state index contributed by atoms with van der Waals surface area (Å²) in [6, 6.07) is 0.313. The Morgan fingerprint density at radius 1 is 1.29 bits per heavy atom. The fourth-order valence-electron chi connectivity index (χ4n) is 2.75. The summed E-state index contributed by atoms with van der Waals surface area (Å²) in [4.78, 5) is 26.8. The number of nitrogens with zero attached hydrogens (tertiary/aromatic N) is 2. The molecule has 1 heterocycles. The first-order valence-electron chi connectivity index (χ1n) is 7.68. The molecular weight excluding hydrogens is 272 g/mol. The second-order valence-corrected chi connectivity index (χ2v) is 7.15. The third-order valence-electron chi connectivity index (χ3n) is 3.80. The molecule has 2 fully saturated rings. The van der Waals surface area contributed by atoms with Gasteiger partial charge in [-0.1, -0.05) is 0 Å². The van der Waals surface area contributed by atoms with E-state index in [1.54, 1.807) is 0 Å². The van der Waals surface area contributed by atoms with E-state index in [-0.39, 0.29) is 12.6 Å². The molecule has 0 aromatic heterocycles. The van der Waals surface area contributed by atoms with E-state index in [4.69, 9.17) is 9.84 Å². The third-order valence-corrected chi connectivity index (χ3v) is 3.80. The van der Waals surface area contributed by atoms with Crippen molar-refractivity contribution in [3.8, 4) is 0 Å². The lowest BCUT2D eigenvalue weighted by atomic mass is 10.1. The molecule has 1 saturated carbocycles. The highest BCUT2D eigenvalue weighted by molar-refractivity contribution is 5.69. The number of carboxylic acid groups (broad SMARTS) is 1. The van der Waals surface area contributed by atoms with E-state index in [2.05, 4.69) is 0 Å². The Kier molecular flexibility index (Phi) is 4.76. The largest absolute Gasteiger partial charge is 0.480 e. The van der Waals surface area contributed by atoms with Crippen LogP contribution in [0.15, 0.2) is 0 Å². The highest BCUT2D eigenvalue weighted by Crippen LogP contribution is 2.30. The molecule has 0 unspecified atom stereocenters. The summed E-state index contributed by atoms with van der Waals surface area (Å²) in [6.07, 6.45) is 2.80. The molecule has 1 saturated heterocycles. The summed E-state index contributed by atoms with van der Waals surface area (Å²) in [5, 5.41) is 8.83. The number of likely N-dealkylation sites (tertiary alicyclic amines) is 1. The predicted octanol–water partition coefficient (Wildman–Crippen LogP) is 1.79. The fraction of sp³-hybridized carbons (Fsp3) is 0.867. The van der Waals surface area contributed by atoms with Crippen molar-refractivity contribution in [2.45, 2.75) is 51.7 Å². The minimum atomic E-state index is -0.790. The van der Waals surface area contributed by atoms with Crippen molar-refractivity contribution in [1.82, 2.24) is 9.80 Å². The molecule has 1 aliphatic heterocycles. The van der Waals surface area contributed by atoms with Gasteiger partial charge in [0.05, 0.1) is 6.54 Å². The van der Waals surface area contributed by atoms with Gasteiger partial charge in [-0.3, -0.25) is 9.69 Å². The molecule has 0 bridgehead atoms. The first-order chi connectivity index (χ1) is 9.74. The molecule has 2 rings (SSSR count). The molecule has 0 radical (unpaired) electrons. The molecule has 1 amide bonds. The van der Waals surface area contributed by atoms with Crippen LogP contribution in [-0.2, 0) is 9.53 Å². The van der Waals surface area contributed by atoms with Crippen LogP contribution in [0.2, 0.25) is 0 Å². The van der Waals surface area contributed by atoms with Gasteiger partial charge in [-0.05, 0) is 52.5 Å². The van der Waals surface area contributed by atoms with Gasteiger partial charge in [0.15, 0.2) is 0 Å². The fourth-order valence-corrected chi connectivity index (χ4v) is 2.75. The van der Waals surface area contributed by atoms with Crippen LogP contribution < -0.4 is 0 Å². The van der Waals surface area contributed by atoms with Crippen molar-refractivity contribution < 1.29 is 19.4 Å². The monoisotopic (exact) mass is 298 g/mol. The molecule has 120 valence electrons. The van der Waals surface area contributed by atoms with Crippen LogP contribution in [0.3, 0.4) is 0 Å². The van der Waals surface area contributed by atoms with E-state index in [0.717, 1.165) is 32.4 Å². The number of rotatable bonds is 5. The molecule has 1 aliphatic carbocycles. The lowest BCUT2D eigenvalue weighted by Crippen LogP contribution is -2.41. The second-order valence-electron chi connectivity index (χ2n) is 7.15. The van der Waals surface area contributed by atoms with Crippen molar-refractivity contribution in [2.75, 3.05) is 26.2 Å². The highest BCUT2D eigenvalue weighted by Gasteiger charge is 2.37. The average Bonchev–Trinajstić information content (AvgIpc) is 3.05. The van der Waals surface area contributed by atoms with Crippen LogP contribution in [-0.4, -0.2) is 64.8 Å². The number of hydrogen-bond acceptors (Lipinski definition) is 4. The number of hydrogen-bond donors (Lipinski definition) is 1. The summed E-state index contributed by atoms with van der Waals surface area (Å²) in [6.45, 7) is 7.94. The summed E-state index contributed by atoms with van der Waals surface area (Å²) < 4.78 is 5.48. The van der Waals surface area contributed by atoms with Gasteiger partial charge in [-0.25, -0.2) is 4.79 Å². The molecular formula is C15H26N2O4. The zero-order valence-corrected chi connectivity index (χ0v) is 13.2. The van der Waals surface area contributed by atoms with Gasteiger partial charge in [0.25, 0.3) is 0 Å². The van der Waals surface area contributed by atoms with Crippen LogP contribution in [0.5, 0.6) is 0 Å². The molecule has 1 N–H and O–H groups in total. The number of carboxylic acids is 1. The van der Waals surface area contributed by atoms with Crippen LogP contribution in [0, 0.1) is 5.92 Å². The summed E-state index contributed by atoms with van der Waals surface area (Å²) in [5.41, 5.74) is -0.477. The molecule has 0 aromatic rings. The minimum Gasteiger partial charge on any atom is -0.480 e. The molecule has 6 heteroatoms. The van der Waals surface area contributed by atoms with Crippen LogP contribution in [0.25, 0.3) is 0 Å². The molecule has 6 nitrogen and oxygen atoms in total. The lowest BCUT2D eigenvalue weighted by molar-refractivity contribution is -0.138. The molecule has 2 aliphatic rings. The van der Waals surface area contributed by atoms with E-state index in [1.807, 2.05) is 30.6 Å². The molecule has 0 spiro atoms.